The molecule has 0 amide bonds. The number of benzene rings is 1. The Labute approximate surface area is 85.1 Å². The Morgan fingerprint density at radius 3 is 2.67 bits per heavy atom. The molecule has 6 N–H and O–H groups in total. The third-order valence-electron chi connectivity index (χ3n) is 1.57. The van der Waals surface area contributed by atoms with Crippen LogP contribution in [0.5, 0.6) is 11.5 Å². The third kappa shape index (κ3) is 2.50. The monoisotopic (exact) mass is 210 g/mol. The van der Waals surface area contributed by atoms with Crippen LogP contribution in [-0.2, 0) is 0 Å². The van der Waals surface area contributed by atoms with Crippen LogP contribution in [0.15, 0.2) is 23.3 Å². The van der Waals surface area contributed by atoms with Gasteiger partial charge in [-0.15, -0.1) is 9.95 Å². The van der Waals surface area contributed by atoms with Gasteiger partial charge in [0.25, 0.3) is 0 Å². The maximum absolute atomic E-state index is 10.8. The molecular weight excluding hydrogens is 200 g/mol. The van der Waals surface area contributed by atoms with Gasteiger partial charge in [-0.2, -0.15) is 0 Å². The first-order valence-electron chi connectivity index (χ1n) is 3.92. The van der Waals surface area contributed by atoms with Crippen molar-refractivity contribution >= 4 is 12.2 Å². The van der Waals surface area contributed by atoms with Crippen LogP contribution >= 0.6 is 0 Å². The number of aromatic hydroxyl groups is 2. The molecule has 7 heteroatoms. The lowest BCUT2D eigenvalue weighted by Crippen LogP contribution is -2.30. The lowest BCUT2D eigenvalue weighted by molar-refractivity contribution is -0.463. The van der Waals surface area contributed by atoms with Gasteiger partial charge in [0.05, 0.1) is 6.21 Å². The second kappa shape index (κ2) is 4.18. The summed E-state index contributed by atoms with van der Waals surface area (Å²) in [5.41, 5.74) is 10.1. The Balaban J connectivity index is 3.01. The fourth-order valence-electron chi connectivity index (χ4n) is 0.834. The molecule has 0 heterocycles. The number of rotatable bonds is 2. The molecule has 0 bridgehead atoms. The largest absolute Gasteiger partial charge is 0.722 e. The van der Waals surface area contributed by atoms with Crippen LogP contribution in [0.25, 0.3) is 0 Å². The molecule has 80 valence electrons. The summed E-state index contributed by atoms with van der Waals surface area (Å²) in [5.74, 6) is -1.20. The average Bonchev–Trinajstić information content (AvgIpc) is 2.19. The number of phenolic OH excluding ortho intramolecular Hbond substituents is 2. The number of hydrogen-bond acceptors (Lipinski definition) is 4. The van der Waals surface area contributed by atoms with E-state index < -0.39 is 5.96 Å². The van der Waals surface area contributed by atoms with Gasteiger partial charge in [-0.05, 0) is 12.1 Å². The average molecular weight is 210 g/mol. The van der Waals surface area contributed by atoms with Gasteiger partial charge in [0, 0.05) is 5.56 Å². The van der Waals surface area contributed by atoms with E-state index in [1.54, 1.807) is 0 Å². The van der Waals surface area contributed by atoms with E-state index in [0.29, 0.717) is 0 Å². The fraction of sp³-hybridized carbons (Fsp3) is 0. The molecule has 1 aromatic carbocycles. The van der Waals surface area contributed by atoms with Gasteiger partial charge in [-0.1, -0.05) is 6.07 Å². The van der Waals surface area contributed by atoms with Gasteiger partial charge in [-0.25, -0.2) is 0 Å². The minimum atomic E-state index is -0.522. The molecule has 0 aliphatic heterocycles. The van der Waals surface area contributed by atoms with E-state index >= 15 is 0 Å². The van der Waals surface area contributed by atoms with Crippen LogP contribution in [0.2, 0.25) is 0 Å². The quantitative estimate of drug-likeness (QED) is 0.127. The van der Waals surface area contributed by atoms with Crippen LogP contribution in [0, 0.1) is 5.21 Å². The molecule has 0 radical (unpaired) electrons. The van der Waals surface area contributed by atoms with Crippen molar-refractivity contribution in [3.63, 3.8) is 0 Å². The molecule has 1 aromatic rings. The molecule has 0 saturated heterocycles. The molecule has 0 unspecified atom stereocenters. The summed E-state index contributed by atoms with van der Waals surface area (Å²) in [6.45, 7) is 0. The van der Waals surface area contributed by atoms with Crippen LogP contribution in [0.1, 0.15) is 5.56 Å². The van der Waals surface area contributed by atoms with Gasteiger partial charge >= 0.3 is 5.96 Å². The zero-order valence-electron chi connectivity index (χ0n) is 7.66. The Kier molecular flexibility index (Phi) is 2.97. The summed E-state index contributed by atoms with van der Waals surface area (Å²) in [6.07, 6.45) is 1.03. The zero-order valence-corrected chi connectivity index (χ0v) is 7.66. The van der Waals surface area contributed by atoms with Crippen molar-refractivity contribution in [2.75, 3.05) is 0 Å². The predicted octanol–water partition coefficient (Wildman–Crippen LogP) is -0.785. The van der Waals surface area contributed by atoms with Crippen molar-refractivity contribution in [3.05, 3.63) is 29.0 Å². The lowest BCUT2D eigenvalue weighted by atomic mass is 10.2. The number of hydrogen-bond donors (Lipinski definition) is 4. The van der Waals surface area contributed by atoms with Crippen molar-refractivity contribution in [1.82, 2.24) is 0 Å². The molecule has 15 heavy (non-hydrogen) atoms. The smallest absolute Gasteiger partial charge is 0.366 e. The van der Waals surface area contributed by atoms with E-state index in [1.807, 2.05) is 0 Å². The van der Waals surface area contributed by atoms with Crippen LogP contribution in [0.3, 0.4) is 0 Å². The molecule has 0 aromatic heterocycles. The minimum absolute atomic E-state index is 0.0104. The highest BCUT2D eigenvalue weighted by Crippen LogP contribution is 2.26. The summed E-state index contributed by atoms with van der Waals surface area (Å²) in [4.78, 5) is -0.0104. The van der Waals surface area contributed by atoms with Crippen molar-refractivity contribution < 1.29 is 15.1 Å². The van der Waals surface area contributed by atoms with Crippen LogP contribution in [-0.4, -0.2) is 27.2 Å². The number of hydrazone groups is 1. The summed E-state index contributed by atoms with van der Waals surface area (Å²) < 4.78 is 0. The number of phenols is 2. The summed E-state index contributed by atoms with van der Waals surface area (Å²) in [7, 11) is 0. The van der Waals surface area contributed by atoms with E-state index in [-0.39, 0.29) is 21.9 Å². The Bertz CT molecular complexity index is 424. The Morgan fingerprint density at radius 2 is 2.07 bits per heavy atom. The highest BCUT2D eigenvalue weighted by atomic mass is 16.5. The molecule has 7 nitrogen and oxygen atoms in total. The van der Waals surface area contributed by atoms with Crippen molar-refractivity contribution in [2.24, 2.45) is 16.6 Å². The first kappa shape index (κ1) is 10.6. The number of guanidine groups is 1. The molecule has 0 aliphatic carbocycles. The van der Waals surface area contributed by atoms with Gasteiger partial charge in [-0.3, -0.25) is 11.5 Å². The first-order chi connectivity index (χ1) is 7.02. The van der Waals surface area contributed by atoms with Crippen LogP contribution in [0.4, 0.5) is 0 Å². The van der Waals surface area contributed by atoms with E-state index in [0.717, 1.165) is 6.21 Å². The zero-order chi connectivity index (χ0) is 11.4. The first-order valence-corrected chi connectivity index (χ1v) is 3.92. The predicted molar refractivity (Wildman–Crippen MR) is 54.4 cm³/mol. The summed E-state index contributed by atoms with van der Waals surface area (Å²) in [5, 5.41) is 32.5. The van der Waals surface area contributed by atoms with E-state index in [1.165, 1.54) is 18.2 Å². The topological polar surface area (TPSA) is 131 Å². The van der Waals surface area contributed by atoms with E-state index in [9.17, 15) is 10.3 Å². The maximum Gasteiger partial charge on any atom is 0.366 e. The number of para-hydroxylation sites is 1. The van der Waals surface area contributed by atoms with E-state index in [2.05, 4.69) is 5.10 Å². The molecular formula is C8H10N4O3. The summed E-state index contributed by atoms with van der Waals surface area (Å²) in [6, 6.07) is 4.24. The third-order valence-corrected chi connectivity index (χ3v) is 1.57. The SMILES string of the molecule is NC(N)=[N+]([O-])/N=C/c1cccc(O)c1O. The maximum atomic E-state index is 10.8. The van der Waals surface area contributed by atoms with Crippen molar-refractivity contribution in [1.29, 1.82) is 0 Å². The fourth-order valence-corrected chi connectivity index (χ4v) is 0.834. The normalized spacial score (nSPS) is 10.4. The van der Waals surface area contributed by atoms with Crippen LogP contribution < -0.4 is 11.5 Å². The van der Waals surface area contributed by atoms with Gasteiger partial charge in [0.2, 0.25) is 0 Å². The minimum Gasteiger partial charge on any atom is -0.722 e. The standard InChI is InChI=1S/C8H10N4O3/c9-8(10)12(15)11-4-5-2-1-3-6(13)7(5)14/h1-4,13-14H,9-10H2/b11-4+. The van der Waals surface area contributed by atoms with Gasteiger partial charge < -0.3 is 15.4 Å². The lowest BCUT2D eigenvalue weighted by Gasteiger charge is -2.03. The molecule has 0 fully saturated rings. The summed E-state index contributed by atoms with van der Waals surface area (Å²) >= 11 is 0. The molecule has 0 atom stereocenters. The highest BCUT2D eigenvalue weighted by Gasteiger charge is 2.02. The van der Waals surface area contributed by atoms with E-state index in [4.69, 9.17) is 16.6 Å². The number of nitrogens with zero attached hydrogens (tertiary/aromatic N) is 2. The van der Waals surface area contributed by atoms with Crippen molar-refractivity contribution in [3.8, 4) is 11.5 Å². The Hall–Kier alpha value is -2.44. The van der Waals surface area contributed by atoms with Crippen molar-refractivity contribution in [2.45, 2.75) is 0 Å². The highest BCUT2D eigenvalue weighted by molar-refractivity contribution is 5.84. The second-order valence-corrected chi connectivity index (χ2v) is 2.66. The second-order valence-electron chi connectivity index (χ2n) is 2.66. The Morgan fingerprint density at radius 1 is 1.40 bits per heavy atom. The molecule has 1 rings (SSSR count). The molecule has 0 saturated carbocycles. The van der Waals surface area contributed by atoms with Gasteiger partial charge in [0.1, 0.15) is 0 Å². The molecule has 0 aliphatic rings. The van der Waals surface area contributed by atoms with Gasteiger partial charge in [0.15, 0.2) is 11.5 Å². The molecule has 0 spiro atoms. The number of nitrogens with two attached hydrogens (primary N) is 2.